The van der Waals surface area contributed by atoms with E-state index in [0.29, 0.717) is 5.69 Å². The molecule has 0 spiro atoms. The van der Waals surface area contributed by atoms with Crippen LogP contribution in [0.1, 0.15) is 17.0 Å². The van der Waals surface area contributed by atoms with E-state index in [0.717, 1.165) is 5.69 Å². The summed E-state index contributed by atoms with van der Waals surface area (Å²) < 4.78 is 1.25. The molecule has 2 rings (SSSR count). The number of hydrogen-bond donors (Lipinski definition) is 1. The van der Waals surface area contributed by atoms with Crippen molar-refractivity contribution >= 4 is 0 Å². The van der Waals surface area contributed by atoms with E-state index in [2.05, 4.69) is 9.97 Å². The summed E-state index contributed by atoms with van der Waals surface area (Å²) in [6.07, 6.45) is 1.24. The van der Waals surface area contributed by atoms with E-state index < -0.39 is 11.2 Å². The van der Waals surface area contributed by atoms with E-state index in [1.807, 2.05) is 19.1 Å². The topological polar surface area (TPSA) is 91.5 Å². The van der Waals surface area contributed by atoms with E-state index in [4.69, 9.17) is 5.26 Å². The number of nitrogens with zero attached hydrogens (tertiary/aromatic N) is 3. The highest BCUT2D eigenvalue weighted by Crippen LogP contribution is 1.99. The summed E-state index contributed by atoms with van der Waals surface area (Å²) in [4.78, 5) is 29.1. The van der Waals surface area contributed by atoms with Crippen molar-refractivity contribution in [3.63, 3.8) is 0 Å². The molecule has 2 aromatic rings. The number of rotatable bonds is 2. The van der Waals surface area contributed by atoms with Crippen LogP contribution in [0.25, 0.3) is 0 Å². The Morgan fingerprint density at radius 3 is 2.89 bits per heavy atom. The maximum Gasteiger partial charge on any atom is 0.328 e. The summed E-state index contributed by atoms with van der Waals surface area (Å²) in [7, 11) is 0. The van der Waals surface area contributed by atoms with Gasteiger partial charge in [0.25, 0.3) is 5.56 Å². The van der Waals surface area contributed by atoms with Crippen molar-refractivity contribution < 1.29 is 0 Å². The number of hydrogen-bond acceptors (Lipinski definition) is 4. The largest absolute Gasteiger partial charge is 0.328 e. The fourth-order valence-corrected chi connectivity index (χ4v) is 1.57. The van der Waals surface area contributed by atoms with Gasteiger partial charge in [-0.15, -0.1) is 0 Å². The molecule has 2 aromatic heterocycles. The van der Waals surface area contributed by atoms with Gasteiger partial charge in [-0.25, -0.2) is 4.79 Å². The Kier molecular flexibility index (Phi) is 3.06. The number of pyridine rings is 1. The molecule has 0 bridgehead atoms. The lowest BCUT2D eigenvalue weighted by molar-refractivity contribution is 0.700. The first-order valence-electron chi connectivity index (χ1n) is 5.26. The maximum atomic E-state index is 11.6. The van der Waals surface area contributed by atoms with Gasteiger partial charge in [0.1, 0.15) is 11.6 Å². The smallest absolute Gasteiger partial charge is 0.293 e. The fourth-order valence-electron chi connectivity index (χ4n) is 1.57. The van der Waals surface area contributed by atoms with Gasteiger partial charge >= 0.3 is 5.69 Å². The van der Waals surface area contributed by atoms with Crippen molar-refractivity contribution in [3.05, 3.63) is 62.2 Å². The van der Waals surface area contributed by atoms with Crippen LogP contribution in [0.4, 0.5) is 0 Å². The number of aromatic amines is 1. The van der Waals surface area contributed by atoms with Gasteiger partial charge in [0.2, 0.25) is 0 Å². The Morgan fingerprint density at radius 1 is 1.44 bits per heavy atom. The molecule has 0 saturated carbocycles. The second-order valence-corrected chi connectivity index (χ2v) is 3.81. The first-order chi connectivity index (χ1) is 8.60. The van der Waals surface area contributed by atoms with E-state index >= 15 is 0 Å². The van der Waals surface area contributed by atoms with Crippen molar-refractivity contribution in [1.29, 1.82) is 5.26 Å². The van der Waals surface area contributed by atoms with Crippen molar-refractivity contribution in [2.24, 2.45) is 0 Å². The Balaban J connectivity index is 2.44. The predicted molar refractivity (Wildman–Crippen MR) is 64.1 cm³/mol. The lowest BCUT2D eigenvalue weighted by Crippen LogP contribution is -2.31. The van der Waals surface area contributed by atoms with Crippen molar-refractivity contribution in [2.45, 2.75) is 13.5 Å². The lowest BCUT2D eigenvalue weighted by atomic mass is 10.3. The van der Waals surface area contributed by atoms with Crippen LogP contribution in [0.15, 0.2) is 34.0 Å². The molecule has 2 heterocycles. The van der Waals surface area contributed by atoms with Gasteiger partial charge in [-0.2, -0.15) is 5.26 Å². The molecule has 6 heteroatoms. The summed E-state index contributed by atoms with van der Waals surface area (Å²) in [5.41, 5.74) is 0.207. The summed E-state index contributed by atoms with van der Waals surface area (Å²) in [5, 5.41) is 8.74. The van der Waals surface area contributed by atoms with Crippen LogP contribution in [0.3, 0.4) is 0 Å². The molecule has 0 aliphatic rings. The van der Waals surface area contributed by atoms with Crippen molar-refractivity contribution in [1.82, 2.24) is 14.5 Å². The predicted octanol–water partition coefficient (Wildman–Crippen LogP) is 0.160. The SMILES string of the molecule is Cc1cccc(Cn2cc(C#N)c(=O)[nH]c2=O)n1. The Morgan fingerprint density at radius 2 is 2.22 bits per heavy atom. The van der Waals surface area contributed by atoms with E-state index in [9.17, 15) is 9.59 Å². The van der Waals surface area contributed by atoms with Crippen LogP contribution in [0.5, 0.6) is 0 Å². The molecule has 0 aliphatic heterocycles. The third-order valence-corrected chi connectivity index (χ3v) is 2.41. The Labute approximate surface area is 102 Å². The second-order valence-electron chi connectivity index (χ2n) is 3.81. The fraction of sp³-hybridized carbons (Fsp3) is 0.167. The monoisotopic (exact) mass is 242 g/mol. The Bertz CT molecular complexity index is 737. The molecule has 0 amide bonds. The van der Waals surface area contributed by atoms with Crippen LogP contribution in [-0.4, -0.2) is 14.5 Å². The zero-order valence-corrected chi connectivity index (χ0v) is 9.67. The standard InChI is InChI=1S/C12H10N4O2/c1-8-3-2-4-10(14-8)7-16-6-9(5-13)11(17)15-12(16)18/h2-4,6H,7H2,1H3,(H,15,17,18). The third kappa shape index (κ3) is 2.35. The molecule has 90 valence electrons. The van der Waals surface area contributed by atoms with Crippen LogP contribution in [0.2, 0.25) is 0 Å². The molecule has 0 aliphatic carbocycles. The number of H-pyrrole nitrogens is 1. The molecule has 0 atom stereocenters. The second kappa shape index (κ2) is 4.67. The molecule has 0 unspecified atom stereocenters. The van der Waals surface area contributed by atoms with Crippen LogP contribution in [0, 0.1) is 18.3 Å². The van der Waals surface area contributed by atoms with Crippen molar-refractivity contribution in [2.75, 3.05) is 0 Å². The molecule has 0 radical (unpaired) electrons. The quantitative estimate of drug-likeness (QED) is 0.812. The van der Waals surface area contributed by atoms with Crippen molar-refractivity contribution in [3.8, 4) is 6.07 Å². The van der Waals surface area contributed by atoms with Crippen LogP contribution < -0.4 is 11.2 Å². The minimum Gasteiger partial charge on any atom is -0.293 e. The highest BCUT2D eigenvalue weighted by atomic mass is 16.2. The molecule has 18 heavy (non-hydrogen) atoms. The molecule has 1 N–H and O–H groups in total. The molecular weight excluding hydrogens is 232 g/mol. The maximum absolute atomic E-state index is 11.6. The summed E-state index contributed by atoms with van der Waals surface area (Å²) in [6, 6.07) is 7.19. The van der Waals surface area contributed by atoms with Crippen LogP contribution in [-0.2, 0) is 6.54 Å². The Hall–Kier alpha value is -2.68. The number of aryl methyl sites for hydroxylation is 1. The molecule has 0 fully saturated rings. The zero-order valence-electron chi connectivity index (χ0n) is 9.67. The molecule has 6 nitrogen and oxygen atoms in total. The molecule has 0 saturated heterocycles. The van der Waals surface area contributed by atoms with Gasteiger partial charge in [-0.05, 0) is 19.1 Å². The average molecular weight is 242 g/mol. The van der Waals surface area contributed by atoms with Gasteiger partial charge in [0.15, 0.2) is 0 Å². The van der Waals surface area contributed by atoms with E-state index in [1.54, 1.807) is 12.1 Å². The molecule has 0 aromatic carbocycles. The first-order valence-corrected chi connectivity index (χ1v) is 5.26. The first kappa shape index (κ1) is 11.8. The van der Waals surface area contributed by atoms with Gasteiger partial charge in [0, 0.05) is 11.9 Å². The van der Waals surface area contributed by atoms with Gasteiger partial charge in [-0.3, -0.25) is 19.3 Å². The lowest BCUT2D eigenvalue weighted by Gasteiger charge is -2.05. The minimum absolute atomic E-state index is 0.0951. The van der Waals surface area contributed by atoms with Gasteiger partial charge in [-0.1, -0.05) is 6.07 Å². The number of nitriles is 1. The van der Waals surface area contributed by atoms with E-state index in [-0.39, 0.29) is 12.1 Å². The summed E-state index contributed by atoms with van der Waals surface area (Å²) in [6.45, 7) is 2.06. The minimum atomic E-state index is -0.670. The van der Waals surface area contributed by atoms with Crippen LogP contribution >= 0.6 is 0 Å². The highest BCUT2D eigenvalue weighted by Gasteiger charge is 2.05. The molecular formula is C12H10N4O2. The average Bonchev–Trinajstić information content (AvgIpc) is 2.33. The number of aromatic nitrogens is 3. The summed E-state index contributed by atoms with van der Waals surface area (Å²) >= 11 is 0. The van der Waals surface area contributed by atoms with E-state index in [1.165, 1.54) is 10.8 Å². The van der Waals surface area contributed by atoms with Gasteiger partial charge in [0.05, 0.1) is 12.2 Å². The third-order valence-electron chi connectivity index (χ3n) is 2.41. The zero-order chi connectivity index (χ0) is 13.1. The summed E-state index contributed by atoms with van der Waals surface area (Å²) in [5.74, 6) is 0. The normalized spacial score (nSPS) is 10.0. The number of nitrogens with one attached hydrogen (secondary N) is 1. The van der Waals surface area contributed by atoms with Gasteiger partial charge < -0.3 is 0 Å². The highest BCUT2D eigenvalue weighted by molar-refractivity contribution is 5.22.